The van der Waals surface area contributed by atoms with Crippen LogP contribution in [0.1, 0.15) is 49.6 Å². The number of rotatable bonds is 1. The van der Waals surface area contributed by atoms with Crippen molar-refractivity contribution in [3.8, 4) is 0 Å². The number of hydrogen-bond acceptors (Lipinski definition) is 3. The molecule has 0 bridgehead atoms. The van der Waals surface area contributed by atoms with Gasteiger partial charge in [0, 0.05) is 6.61 Å². The number of fused-ring (bicyclic) bond motifs is 1. The van der Waals surface area contributed by atoms with Crippen LogP contribution >= 0.6 is 0 Å². The zero-order valence-corrected chi connectivity index (χ0v) is 9.41. The number of ether oxygens (including phenoxy) is 1. The van der Waals surface area contributed by atoms with Gasteiger partial charge in [-0.3, -0.25) is 0 Å². The van der Waals surface area contributed by atoms with E-state index in [9.17, 15) is 4.79 Å². The first-order valence-corrected chi connectivity index (χ1v) is 6.21. The molecule has 0 aromatic carbocycles. The van der Waals surface area contributed by atoms with E-state index in [-0.39, 0.29) is 11.9 Å². The van der Waals surface area contributed by atoms with Crippen LogP contribution in [0, 0.1) is 0 Å². The minimum absolute atomic E-state index is 0.0386. The summed E-state index contributed by atoms with van der Waals surface area (Å²) >= 11 is 0. The summed E-state index contributed by atoms with van der Waals surface area (Å²) in [6.45, 7) is 0.779. The van der Waals surface area contributed by atoms with Gasteiger partial charge in [0.25, 0.3) is 0 Å². The summed E-state index contributed by atoms with van der Waals surface area (Å²) < 4.78 is 12.8. The highest BCUT2D eigenvalue weighted by atomic mass is 16.6. The summed E-state index contributed by atoms with van der Waals surface area (Å²) in [6, 6.07) is 0. The predicted molar refractivity (Wildman–Crippen MR) is 58.5 cm³/mol. The average Bonchev–Trinajstić information content (AvgIpc) is 2.69. The normalized spacial score (nSPS) is 25.4. The zero-order chi connectivity index (χ0) is 11.0. The fourth-order valence-electron chi connectivity index (χ4n) is 2.69. The Balaban J connectivity index is 1.97. The predicted octanol–water partition coefficient (Wildman–Crippen LogP) is 2.02. The fourth-order valence-corrected chi connectivity index (χ4v) is 2.69. The first kappa shape index (κ1) is 10.1. The molecule has 0 spiro atoms. The van der Waals surface area contributed by atoms with E-state index >= 15 is 0 Å². The lowest BCUT2D eigenvalue weighted by Crippen LogP contribution is -2.20. The smallest absolute Gasteiger partial charge is 0.355 e. The molecule has 0 amide bonds. The van der Waals surface area contributed by atoms with Crippen LogP contribution in [0.5, 0.6) is 0 Å². The van der Waals surface area contributed by atoms with Crippen LogP contribution in [0.3, 0.4) is 0 Å². The summed E-state index contributed by atoms with van der Waals surface area (Å²) in [5.41, 5.74) is 1.83. The molecular formula is C12H17NO3. The van der Waals surface area contributed by atoms with Crippen LogP contribution in [0.15, 0.2) is 9.32 Å². The van der Waals surface area contributed by atoms with Crippen molar-refractivity contribution in [2.75, 3.05) is 6.61 Å². The van der Waals surface area contributed by atoms with Crippen molar-refractivity contribution in [3.05, 3.63) is 21.7 Å². The van der Waals surface area contributed by atoms with E-state index in [4.69, 9.17) is 9.26 Å². The van der Waals surface area contributed by atoms with Gasteiger partial charge < -0.3 is 9.26 Å². The van der Waals surface area contributed by atoms with Crippen molar-refractivity contribution >= 4 is 0 Å². The van der Waals surface area contributed by atoms with Crippen LogP contribution in [0.4, 0.5) is 0 Å². The third-order valence-electron chi connectivity index (χ3n) is 3.55. The van der Waals surface area contributed by atoms with Gasteiger partial charge in [-0.2, -0.15) is 4.74 Å². The Bertz CT molecular complexity index is 426. The fraction of sp³-hybridized carbons (Fsp3) is 0.750. The van der Waals surface area contributed by atoms with Crippen molar-refractivity contribution < 1.29 is 9.26 Å². The third-order valence-corrected chi connectivity index (χ3v) is 3.55. The van der Waals surface area contributed by atoms with E-state index in [2.05, 4.69) is 0 Å². The van der Waals surface area contributed by atoms with Crippen molar-refractivity contribution in [2.45, 2.75) is 51.2 Å². The third kappa shape index (κ3) is 1.61. The van der Waals surface area contributed by atoms with Gasteiger partial charge in [-0.1, -0.05) is 0 Å². The van der Waals surface area contributed by atoms with E-state index in [0.717, 1.165) is 62.8 Å². The molecule has 2 aliphatic rings. The molecule has 1 unspecified atom stereocenters. The standard InChI is InChI=1S/C12H17NO3/c14-12-9-5-1-2-6-10(9)13(16-12)11-7-3-4-8-15-11/h11H,1-8H2. The maximum absolute atomic E-state index is 11.7. The summed E-state index contributed by atoms with van der Waals surface area (Å²) in [6.07, 6.45) is 7.28. The number of aromatic nitrogens is 1. The van der Waals surface area contributed by atoms with E-state index in [0.29, 0.717) is 0 Å². The molecule has 1 aromatic heterocycles. The minimum Gasteiger partial charge on any atom is -0.355 e. The Morgan fingerprint density at radius 1 is 1.12 bits per heavy atom. The first-order chi connectivity index (χ1) is 7.86. The summed E-state index contributed by atoms with van der Waals surface area (Å²) in [7, 11) is 0. The molecule has 1 fully saturated rings. The van der Waals surface area contributed by atoms with Crippen LogP contribution in [0.2, 0.25) is 0 Å². The van der Waals surface area contributed by atoms with Gasteiger partial charge in [0.05, 0.1) is 11.3 Å². The van der Waals surface area contributed by atoms with Crippen LogP contribution in [0.25, 0.3) is 0 Å². The molecule has 1 aliphatic carbocycles. The molecule has 16 heavy (non-hydrogen) atoms. The first-order valence-electron chi connectivity index (χ1n) is 6.21. The SMILES string of the molecule is O=c1on(C2CCCCO2)c2c1CCCC2. The van der Waals surface area contributed by atoms with Crippen molar-refractivity contribution in [1.82, 2.24) is 4.74 Å². The second-order valence-electron chi connectivity index (χ2n) is 4.66. The highest BCUT2D eigenvalue weighted by molar-refractivity contribution is 5.19. The van der Waals surface area contributed by atoms with Crippen molar-refractivity contribution in [3.63, 3.8) is 0 Å². The highest BCUT2D eigenvalue weighted by Gasteiger charge is 2.26. The van der Waals surface area contributed by atoms with Gasteiger partial charge in [0.15, 0.2) is 6.23 Å². The maximum atomic E-state index is 11.7. The highest BCUT2D eigenvalue weighted by Crippen LogP contribution is 2.27. The lowest BCUT2D eigenvalue weighted by Gasteiger charge is -2.24. The Morgan fingerprint density at radius 2 is 2.00 bits per heavy atom. The molecule has 1 aromatic rings. The quantitative estimate of drug-likeness (QED) is 0.731. The van der Waals surface area contributed by atoms with Crippen LogP contribution < -0.4 is 5.63 Å². The molecule has 88 valence electrons. The van der Waals surface area contributed by atoms with Crippen molar-refractivity contribution in [1.29, 1.82) is 0 Å². The van der Waals surface area contributed by atoms with E-state index in [1.165, 1.54) is 0 Å². The molecule has 1 atom stereocenters. The summed E-state index contributed by atoms with van der Waals surface area (Å²) in [4.78, 5) is 11.7. The molecule has 4 nitrogen and oxygen atoms in total. The van der Waals surface area contributed by atoms with Gasteiger partial charge in [-0.15, -0.1) is 0 Å². The Hall–Kier alpha value is -1.03. The molecule has 0 N–H and O–H groups in total. The Labute approximate surface area is 94.2 Å². The lowest BCUT2D eigenvalue weighted by molar-refractivity contribution is -0.0771. The number of hydrogen-bond donors (Lipinski definition) is 0. The molecule has 3 rings (SSSR count). The second kappa shape index (κ2) is 4.09. The van der Waals surface area contributed by atoms with Gasteiger partial charge in [0.2, 0.25) is 0 Å². The molecule has 2 heterocycles. The minimum atomic E-state index is -0.149. The number of nitrogens with zero attached hydrogens (tertiary/aromatic N) is 1. The lowest BCUT2D eigenvalue weighted by atomic mass is 9.98. The Morgan fingerprint density at radius 3 is 2.81 bits per heavy atom. The van der Waals surface area contributed by atoms with Crippen LogP contribution in [-0.2, 0) is 17.6 Å². The Kier molecular flexibility index (Phi) is 2.59. The second-order valence-corrected chi connectivity index (χ2v) is 4.66. The molecular weight excluding hydrogens is 206 g/mol. The largest absolute Gasteiger partial charge is 0.361 e. The van der Waals surface area contributed by atoms with E-state index in [1.807, 2.05) is 0 Å². The maximum Gasteiger partial charge on any atom is 0.361 e. The molecule has 1 saturated heterocycles. The molecule has 1 aliphatic heterocycles. The summed E-state index contributed by atoms with van der Waals surface area (Å²) in [5, 5.41) is 0. The van der Waals surface area contributed by atoms with E-state index < -0.39 is 0 Å². The van der Waals surface area contributed by atoms with Crippen molar-refractivity contribution in [2.24, 2.45) is 0 Å². The van der Waals surface area contributed by atoms with Gasteiger partial charge in [0.1, 0.15) is 0 Å². The van der Waals surface area contributed by atoms with Gasteiger partial charge in [-0.05, 0) is 44.9 Å². The molecule has 0 saturated carbocycles. The molecule has 0 radical (unpaired) electrons. The van der Waals surface area contributed by atoms with Gasteiger partial charge >= 0.3 is 5.63 Å². The topological polar surface area (TPSA) is 44.4 Å². The summed E-state index contributed by atoms with van der Waals surface area (Å²) in [5.74, 6) is 0. The molecule has 4 heteroatoms. The van der Waals surface area contributed by atoms with Crippen LogP contribution in [-0.4, -0.2) is 11.3 Å². The monoisotopic (exact) mass is 223 g/mol. The van der Waals surface area contributed by atoms with Gasteiger partial charge in [-0.25, -0.2) is 4.79 Å². The van der Waals surface area contributed by atoms with E-state index in [1.54, 1.807) is 4.74 Å². The zero-order valence-electron chi connectivity index (χ0n) is 9.41. The average molecular weight is 223 g/mol.